The molecule has 2 saturated heterocycles. The first-order valence-corrected chi connectivity index (χ1v) is 13.2. The molecule has 0 amide bonds. The van der Waals surface area contributed by atoms with Gasteiger partial charge in [-0.15, -0.1) is 0 Å². The van der Waals surface area contributed by atoms with Crippen molar-refractivity contribution in [2.75, 3.05) is 19.8 Å². The van der Waals surface area contributed by atoms with E-state index in [-0.39, 0.29) is 0 Å². The molecule has 32 heavy (non-hydrogen) atoms. The van der Waals surface area contributed by atoms with Crippen LogP contribution < -0.4 is 0 Å². The molecule has 0 aromatic heterocycles. The van der Waals surface area contributed by atoms with Crippen LogP contribution in [0.2, 0.25) is 0 Å². The Hall–Kier alpha value is 0.0900. The number of phosphoric ester groups is 3. The van der Waals surface area contributed by atoms with Crippen LogP contribution in [0.1, 0.15) is 0 Å². The number of aliphatic hydroxyl groups excluding tert-OH is 3. The molecule has 0 bridgehead atoms. The second-order valence-corrected chi connectivity index (χ2v) is 10.2. The van der Waals surface area contributed by atoms with Crippen molar-refractivity contribution in [1.29, 1.82) is 0 Å². The van der Waals surface area contributed by atoms with E-state index in [9.17, 15) is 29.0 Å². The maximum atomic E-state index is 11.3. The van der Waals surface area contributed by atoms with Crippen LogP contribution in [0.5, 0.6) is 0 Å². The first kappa shape index (κ1) is 28.3. The summed E-state index contributed by atoms with van der Waals surface area (Å²) < 4.78 is 62.6. The van der Waals surface area contributed by atoms with Gasteiger partial charge in [0.25, 0.3) is 0 Å². The van der Waals surface area contributed by atoms with Crippen LogP contribution in [-0.2, 0) is 41.5 Å². The van der Waals surface area contributed by atoms with Gasteiger partial charge in [0, 0.05) is 0 Å². The zero-order chi connectivity index (χ0) is 24.5. The molecule has 0 radical (unpaired) electrons. The molecule has 2 aliphatic rings. The van der Waals surface area contributed by atoms with Crippen LogP contribution in [0.25, 0.3) is 0 Å². The summed E-state index contributed by atoms with van der Waals surface area (Å²) in [7, 11) is -15.8. The smallest absolute Gasteiger partial charge is 0.394 e. The summed E-state index contributed by atoms with van der Waals surface area (Å²) in [6, 6.07) is 0. The molecule has 2 rings (SSSR count). The van der Waals surface area contributed by atoms with E-state index >= 15 is 0 Å². The molecule has 9 N–H and O–H groups in total. The first-order valence-electron chi connectivity index (χ1n) is 8.59. The number of hydrogen-bond donors (Lipinski definition) is 9. The molecule has 2 aliphatic heterocycles. The third-order valence-corrected chi connectivity index (χ3v) is 5.85. The monoisotopic (exact) mass is 536 g/mol. The van der Waals surface area contributed by atoms with Gasteiger partial charge in [-0.2, -0.15) is 0 Å². The molecule has 18 nitrogen and oxygen atoms in total. The van der Waals surface area contributed by atoms with Crippen molar-refractivity contribution >= 4 is 23.5 Å². The predicted octanol–water partition coefficient (Wildman–Crippen LogP) is -3.73. The second-order valence-electron chi connectivity index (χ2n) is 6.63. The minimum atomic E-state index is -5.41. The highest BCUT2D eigenvalue weighted by atomic mass is 31.2. The lowest BCUT2D eigenvalue weighted by molar-refractivity contribution is -0.313. The Bertz CT molecular complexity index is 759. The average molecular weight is 536 g/mol. The van der Waals surface area contributed by atoms with E-state index in [2.05, 4.69) is 13.6 Å². The molecule has 0 aromatic rings. The van der Waals surface area contributed by atoms with Gasteiger partial charge in [0.15, 0.2) is 6.29 Å². The van der Waals surface area contributed by atoms with Gasteiger partial charge in [0.2, 0.25) is 0 Å². The Morgan fingerprint density at radius 1 is 0.750 bits per heavy atom. The summed E-state index contributed by atoms with van der Waals surface area (Å²) in [6.45, 7) is -2.28. The third-order valence-electron chi connectivity index (χ3n) is 4.26. The zero-order valence-corrected chi connectivity index (χ0v) is 18.5. The Kier molecular flexibility index (Phi) is 9.55. The summed E-state index contributed by atoms with van der Waals surface area (Å²) in [6.07, 6.45) is -14.6. The standard InChI is InChI=1S/C11H23O18P3/c12-1-4-8(6(3-24-4)27-30(15,16)17)26-11-7(14)10(29-32(21,22)23)9(5(2-13)25-11)28-31(18,19)20/h4-14H,1-3H2,(H2,15,16,17)(H2,18,19,20)(H2,21,22,23)/t4-,5-,6+,7-,8-,9-,10-,11+/m1/s1. The summed E-state index contributed by atoms with van der Waals surface area (Å²) in [5.74, 6) is 0. The molecule has 0 spiro atoms. The van der Waals surface area contributed by atoms with Gasteiger partial charge < -0.3 is 58.9 Å². The molecule has 8 atom stereocenters. The number of ether oxygens (including phenoxy) is 3. The van der Waals surface area contributed by atoms with Crippen LogP contribution in [0.15, 0.2) is 0 Å². The average Bonchev–Trinajstić information content (AvgIpc) is 2.98. The molecule has 2 fully saturated rings. The van der Waals surface area contributed by atoms with Crippen molar-refractivity contribution in [3.63, 3.8) is 0 Å². The highest BCUT2D eigenvalue weighted by Crippen LogP contribution is 2.47. The molecule has 2 heterocycles. The maximum absolute atomic E-state index is 11.3. The van der Waals surface area contributed by atoms with E-state index in [1.54, 1.807) is 0 Å². The van der Waals surface area contributed by atoms with Crippen LogP contribution in [-0.4, -0.2) is 114 Å². The second kappa shape index (κ2) is 10.8. The van der Waals surface area contributed by atoms with Crippen molar-refractivity contribution in [2.24, 2.45) is 0 Å². The minimum absolute atomic E-state index is 0.473. The topological polar surface area (TPSA) is 289 Å². The normalized spacial score (nSPS) is 37.0. The van der Waals surface area contributed by atoms with Crippen LogP contribution in [0.4, 0.5) is 0 Å². The summed E-state index contributed by atoms with van der Waals surface area (Å²) in [5.41, 5.74) is 0. The Morgan fingerprint density at radius 3 is 1.72 bits per heavy atom. The minimum Gasteiger partial charge on any atom is -0.394 e. The zero-order valence-electron chi connectivity index (χ0n) is 15.8. The van der Waals surface area contributed by atoms with Gasteiger partial charge >= 0.3 is 23.5 Å². The van der Waals surface area contributed by atoms with E-state index < -0.39 is 92.3 Å². The molecule has 21 heteroatoms. The first-order chi connectivity index (χ1) is 14.5. The fraction of sp³-hybridized carbons (Fsp3) is 1.00. The van der Waals surface area contributed by atoms with Crippen molar-refractivity contribution in [2.45, 2.75) is 49.0 Å². The quantitative estimate of drug-likeness (QED) is 0.121. The van der Waals surface area contributed by atoms with Gasteiger partial charge in [-0.3, -0.25) is 13.6 Å². The van der Waals surface area contributed by atoms with Crippen molar-refractivity contribution in [3.8, 4) is 0 Å². The molecule has 0 aliphatic carbocycles. The fourth-order valence-corrected chi connectivity index (χ4v) is 4.79. The number of hydrogen-bond acceptors (Lipinski definition) is 12. The fourth-order valence-electron chi connectivity index (χ4n) is 3.12. The van der Waals surface area contributed by atoms with Crippen molar-refractivity contribution in [3.05, 3.63) is 0 Å². The maximum Gasteiger partial charge on any atom is 0.470 e. The van der Waals surface area contributed by atoms with E-state index in [1.165, 1.54) is 0 Å². The lowest BCUT2D eigenvalue weighted by Crippen LogP contribution is -2.61. The molecule has 0 aromatic carbocycles. The highest BCUT2D eigenvalue weighted by Gasteiger charge is 2.54. The summed E-state index contributed by atoms with van der Waals surface area (Å²) in [4.78, 5) is 54.3. The van der Waals surface area contributed by atoms with E-state index in [1.807, 2.05) is 0 Å². The number of phosphoric acid groups is 3. The molecule has 0 unspecified atom stereocenters. The van der Waals surface area contributed by atoms with Gasteiger partial charge in [0.1, 0.15) is 42.7 Å². The van der Waals surface area contributed by atoms with Crippen LogP contribution in [0, 0.1) is 0 Å². The molecule has 0 saturated carbocycles. The largest absolute Gasteiger partial charge is 0.470 e. The van der Waals surface area contributed by atoms with E-state index in [0.29, 0.717) is 0 Å². The van der Waals surface area contributed by atoms with Crippen LogP contribution >= 0.6 is 23.5 Å². The third kappa shape index (κ3) is 8.09. The lowest BCUT2D eigenvalue weighted by atomic mass is 9.99. The summed E-state index contributed by atoms with van der Waals surface area (Å²) in [5, 5.41) is 29.4. The van der Waals surface area contributed by atoms with E-state index in [4.69, 9.17) is 43.6 Å². The van der Waals surface area contributed by atoms with Gasteiger partial charge in [0.05, 0.1) is 19.8 Å². The Morgan fingerprint density at radius 2 is 1.25 bits per heavy atom. The van der Waals surface area contributed by atoms with E-state index in [0.717, 1.165) is 0 Å². The van der Waals surface area contributed by atoms with Crippen molar-refractivity contribution in [1.82, 2.24) is 0 Å². The number of aliphatic hydroxyl groups is 3. The van der Waals surface area contributed by atoms with Gasteiger partial charge in [-0.1, -0.05) is 0 Å². The highest BCUT2D eigenvalue weighted by molar-refractivity contribution is 7.46. The van der Waals surface area contributed by atoms with Crippen molar-refractivity contribution < 1.29 is 86.2 Å². The molecular formula is C11H23O18P3. The molecular weight excluding hydrogens is 513 g/mol. The Labute approximate surface area is 179 Å². The SMILES string of the molecule is O=P(O)(O)O[C@@H]1[C@@H](O)[C@H](O[C@H]2[C@@H](OP(=O)(O)O)CO[C@@H]2CO)O[C@H](CO)[C@H]1OP(=O)(O)O. The Balaban J connectivity index is 2.31. The number of rotatable bonds is 10. The lowest BCUT2D eigenvalue weighted by Gasteiger charge is -2.44. The molecule has 190 valence electrons. The van der Waals surface area contributed by atoms with Gasteiger partial charge in [-0.25, -0.2) is 13.7 Å². The van der Waals surface area contributed by atoms with Crippen LogP contribution in [0.3, 0.4) is 0 Å². The van der Waals surface area contributed by atoms with Gasteiger partial charge in [-0.05, 0) is 0 Å². The summed E-state index contributed by atoms with van der Waals surface area (Å²) >= 11 is 0. The predicted molar refractivity (Wildman–Crippen MR) is 94.2 cm³/mol.